The van der Waals surface area contributed by atoms with E-state index in [1.807, 2.05) is 36.0 Å². The monoisotopic (exact) mass is 500 g/mol. The maximum absolute atomic E-state index is 15.4. The van der Waals surface area contributed by atoms with E-state index in [9.17, 15) is 9.90 Å². The summed E-state index contributed by atoms with van der Waals surface area (Å²) in [6, 6.07) is 7.17. The molecule has 35 heavy (non-hydrogen) atoms. The van der Waals surface area contributed by atoms with Gasteiger partial charge in [0.25, 0.3) is 0 Å². The molecular formula is C26H33FN4O3S. The topological polar surface area (TPSA) is 80.5 Å². The molecule has 0 aliphatic carbocycles. The Morgan fingerprint density at radius 3 is 2.91 bits per heavy atom. The maximum Gasteiger partial charge on any atom is 0.308 e. The van der Waals surface area contributed by atoms with E-state index in [2.05, 4.69) is 14.9 Å². The second kappa shape index (κ2) is 11.9. The first-order valence-electron chi connectivity index (χ1n) is 12.1. The molecule has 1 aliphatic heterocycles. The number of ether oxygens (including phenoxy) is 1. The van der Waals surface area contributed by atoms with Crippen molar-refractivity contribution in [3.8, 4) is 5.75 Å². The molecule has 188 valence electrons. The Kier molecular flexibility index (Phi) is 8.62. The Morgan fingerprint density at radius 2 is 2.17 bits per heavy atom. The number of rotatable bonds is 11. The minimum absolute atomic E-state index is 0.0217. The minimum Gasteiger partial charge on any atom is -0.497 e. The smallest absolute Gasteiger partial charge is 0.308 e. The lowest BCUT2D eigenvalue weighted by Gasteiger charge is -2.36. The Morgan fingerprint density at radius 1 is 1.31 bits per heavy atom. The molecule has 1 aliphatic rings. The van der Waals surface area contributed by atoms with E-state index in [4.69, 9.17) is 4.74 Å². The summed E-state index contributed by atoms with van der Waals surface area (Å²) in [4.78, 5) is 22.9. The van der Waals surface area contributed by atoms with Gasteiger partial charge < -0.3 is 19.3 Å². The number of likely N-dealkylation sites (tertiary alicyclic amines) is 1. The Labute approximate surface area is 209 Å². The lowest BCUT2D eigenvalue weighted by Crippen LogP contribution is -2.44. The van der Waals surface area contributed by atoms with Gasteiger partial charge in [-0.25, -0.2) is 9.37 Å². The fourth-order valence-corrected chi connectivity index (χ4v) is 5.76. The third-order valence-corrected chi connectivity index (χ3v) is 8.04. The first kappa shape index (κ1) is 25.4. The van der Waals surface area contributed by atoms with Crippen molar-refractivity contribution in [2.45, 2.75) is 37.0 Å². The Bertz CT molecular complexity index is 1140. The number of aryl methyl sites for hydroxylation is 1. The van der Waals surface area contributed by atoms with Gasteiger partial charge >= 0.3 is 5.97 Å². The number of carboxylic acid groups (broad SMARTS) is 1. The largest absolute Gasteiger partial charge is 0.497 e. The predicted octanol–water partition coefficient (Wildman–Crippen LogP) is 4.97. The number of benzene rings is 1. The quantitative estimate of drug-likeness (QED) is 0.294. The predicted molar refractivity (Wildman–Crippen MR) is 136 cm³/mol. The molecule has 0 unspecified atom stereocenters. The van der Waals surface area contributed by atoms with Gasteiger partial charge in [0.1, 0.15) is 11.9 Å². The number of nitrogens with zero attached hydrogens (tertiary/aromatic N) is 4. The van der Waals surface area contributed by atoms with Crippen molar-refractivity contribution in [1.82, 2.24) is 19.4 Å². The standard InChI is InChI=1S/C26H33FN4O3S/c1-30-14-11-29-26(30)35-15-3-12-31-13-9-18(22(17-31)25(32)33)4-6-23(27)20-8-10-28-24-7-5-19(34-2)16-21(20)24/h5,7-8,10-11,14,16,18,22-23H,3-4,6,9,12-13,15,17H2,1-2H3,(H,32,33)/t18-,22+,23+/m1/s1. The summed E-state index contributed by atoms with van der Waals surface area (Å²) >= 11 is 1.72. The van der Waals surface area contributed by atoms with Gasteiger partial charge in [-0.15, -0.1) is 0 Å². The molecule has 1 saturated heterocycles. The zero-order valence-corrected chi connectivity index (χ0v) is 21.1. The van der Waals surface area contributed by atoms with Crippen molar-refractivity contribution < 1.29 is 19.0 Å². The van der Waals surface area contributed by atoms with Crippen LogP contribution in [0.2, 0.25) is 0 Å². The van der Waals surface area contributed by atoms with Crippen LogP contribution < -0.4 is 4.74 Å². The summed E-state index contributed by atoms with van der Waals surface area (Å²) < 4.78 is 22.7. The highest BCUT2D eigenvalue weighted by atomic mass is 32.2. The highest BCUT2D eigenvalue weighted by molar-refractivity contribution is 7.99. The summed E-state index contributed by atoms with van der Waals surface area (Å²) in [5.74, 6) is 0.336. The number of hydrogen-bond acceptors (Lipinski definition) is 6. The number of carboxylic acids is 1. The molecule has 4 rings (SSSR count). The van der Waals surface area contributed by atoms with Gasteiger partial charge in [-0.3, -0.25) is 9.78 Å². The highest BCUT2D eigenvalue weighted by Crippen LogP contribution is 2.35. The molecule has 9 heteroatoms. The molecule has 0 bridgehead atoms. The number of carbonyl (C=O) groups is 1. The van der Waals surface area contributed by atoms with Gasteiger partial charge in [0.2, 0.25) is 0 Å². The van der Waals surface area contributed by atoms with Crippen LogP contribution in [0, 0.1) is 11.8 Å². The Hall–Kier alpha value is -2.65. The van der Waals surface area contributed by atoms with Gasteiger partial charge in [0.05, 0.1) is 18.5 Å². The molecule has 0 radical (unpaired) electrons. The molecule has 3 atom stereocenters. The van der Waals surface area contributed by atoms with E-state index >= 15 is 4.39 Å². The van der Waals surface area contributed by atoms with Crippen molar-refractivity contribution in [3.05, 3.63) is 48.4 Å². The molecule has 3 heterocycles. The Balaban J connectivity index is 1.30. The summed E-state index contributed by atoms with van der Waals surface area (Å²) in [6.45, 7) is 2.25. The van der Waals surface area contributed by atoms with Crippen molar-refractivity contribution in [1.29, 1.82) is 0 Å². The van der Waals surface area contributed by atoms with E-state index in [1.54, 1.807) is 37.3 Å². The number of aliphatic carboxylic acids is 1. The van der Waals surface area contributed by atoms with E-state index < -0.39 is 18.1 Å². The van der Waals surface area contributed by atoms with Gasteiger partial charge in [-0.1, -0.05) is 11.8 Å². The van der Waals surface area contributed by atoms with Crippen LogP contribution >= 0.6 is 11.8 Å². The van der Waals surface area contributed by atoms with Crippen LogP contribution in [-0.4, -0.2) is 63.0 Å². The van der Waals surface area contributed by atoms with Crippen molar-refractivity contribution in [3.63, 3.8) is 0 Å². The second-order valence-corrected chi connectivity index (χ2v) is 10.2. The first-order chi connectivity index (χ1) is 17.0. The van der Waals surface area contributed by atoms with Crippen molar-refractivity contribution in [2.75, 3.05) is 32.5 Å². The first-order valence-corrected chi connectivity index (χ1v) is 13.1. The summed E-state index contributed by atoms with van der Waals surface area (Å²) in [6.07, 6.45) is 6.77. The molecule has 0 amide bonds. The van der Waals surface area contributed by atoms with Gasteiger partial charge in [-0.2, -0.15) is 0 Å². The van der Waals surface area contributed by atoms with E-state index in [1.165, 1.54) is 0 Å². The zero-order valence-electron chi connectivity index (χ0n) is 20.3. The number of aromatic nitrogens is 3. The van der Waals surface area contributed by atoms with Crippen LogP contribution in [0.3, 0.4) is 0 Å². The van der Waals surface area contributed by atoms with Crippen molar-refractivity contribution in [2.24, 2.45) is 18.9 Å². The zero-order chi connectivity index (χ0) is 24.8. The fraction of sp³-hybridized carbons (Fsp3) is 0.500. The van der Waals surface area contributed by atoms with Gasteiger partial charge in [-0.05, 0) is 74.5 Å². The van der Waals surface area contributed by atoms with E-state index in [0.29, 0.717) is 30.7 Å². The van der Waals surface area contributed by atoms with E-state index in [0.717, 1.165) is 47.7 Å². The molecule has 1 N–H and O–H groups in total. The van der Waals surface area contributed by atoms with Crippen molar-refractivity contribution >= 4 is 28.6 Å². The average Bonchev–Trinajstić information content (AvgIpc) is 3.29. The maximum atomic E-state index is 15.4. The molecule has 1 fully saturated rings. The molecule has 1 aromatic carbocycles. The van der Waals surface area contributed by atoms with Crippen LogP contribution in [0.4, 0.5) is 4.39 Å². The second-order valence-electron chi connectivity index (χ2n) is 9.14. The molecule has 0 saturated carbocycles. The van der Waals surface area contributed by atoms with E-state index in [-0.39, 0.29) is 5.92 Å². The molecule has 2 aromatic heterocycles. The number of alkyl halides is 1. The number of halogens is 1. The average molecular weight is 501 g/mol. The van der Waals surface area contributed by atoms with Crippen LogP contribution in [0.25, 0.3) is 10.9 Å². The highest BCUT2D eigenvalue weighted by Gasteiger charge is 2.34. The number of methoxy groups -OCH3 is 1. The molecule has 0 spiro atoms. The number of thioether (sulfide) groups is 1. The van der Waals surface area contributed by atoms with Crippen LogP contribution in [0.5, 0.6) is 5.75 Å². The summed E-state index contributed by atoms with van der Waals surface area (Å²) in [7, 11) is 3.56. The lowest BCUT2D eigenvalue weighted by molar-refractivity contribution is -0.146. The lowest BCUT2D eigenvalue weighted by atomic mass is 9.81. The minimum atomic E-state index is -1.18. The molecular weight excluding hydrogens is 467 g/mol. The summed E-state index contributed by atoms with van der Waals surface area (Å²) in [5.41, 5.74) is 1.31. The third-order valence-electron chi connectivity index (χ3n) is 6.89. The van der Waals surface area contributed by atoms with Crippen LogP contribution in [0.15, 0.2) is 48.0 Å². The van der Waals surface area contributed by atoms with Crippen LogP contribution in [0.1, 0.15) is 37.4 Å². The SMILES string of the molecule is COc1ccc2nccc([C@@H](F)CC[C@@H]3CCN(CCCSc4nccn4C)C[C@@H]3C(=O)O)c2c1. The molecule has 3 aromatic rings. The van der Waals surface area contributed by atoms with Crippen LogP contribution in [-0.2, 0) is 11.8 Å². The number of hydrogen-bond donors (Lipinski definition) is 1. The third kappa shape index (κ3) is 6.32. The molecule has 7 nitrogen and oxygen atoms in total. The summed E-state index contributed by atoms with van der Waals surface area (Å²) in [5, 5.41) is 11.6. The normalized spacial score (nSPS) is 19.6. The fourth-order valence-electron chi connectivity index (χ4n) is 4.90. The number of piperidine rings is 1. The number of imidazole rings is 1. The van der Waals surface area contributed by atoms with Gasteiger partial charge in [0, 0.05) is 43.3 Å². The number of fused-ring (bicyclic) bond motifs is 1. The number of pyridine rings is 1. The van der Waals surface area contributed by atoms with Gasteiger partial charge in [0.15, 0.2) is 5.16 Å².